The molecule has 4 nitrogen and oxygen atoms in total. The highest BCUT2D eigenvalue weighted by Crippen LogP contribution is 2.16. The third-order valence-corrected chi connectivity index (χ3v) is 2.15. The fraction of sp³-hybridized carbons (Fsp3) is 0.857. The van der Waals surface area contributed by atoms with Gasteiger partial charge in [-0.05, 0) is 12.8 Å². The normalized spacial score (nSPS) is 31.4. The van der Waals surface area contributed by atoms with Gasteiger partial charge in [0.1, 0.15) is 0 Å². The van der Waals surface area contributed by atoms with Gasteiger partial charge in [-0.1, -0.05) is 12.8 Å². The number of hydrogen-bond acceptors (Lipinski definition) is 2. The molecule has 4 heteroatoms. The van der Waals surface area contributed by atoms with Crippen molar-refractivity contribution >= 4 is 6.03 Å². The average molecular weight is 157 g/mol. The summed E-state index contributed by atoms with van der Waals surface area (Å²) < 4.78 is 0. The highest BCUT2D eigenvalue weighted by atomic mass is 16.2. The monoisotopic (exact) mass is 157 g/mol. The van der Waals surface area contributed by atoms with Crippen LogP contribution in [0.3, 0.4) is 0 Å². The van der Waals surface area contributed by atoms with Crippen LogP contribution >= 0.6 is 0 Å². The van der Waals surface area contributed by atoms with E-state index in [-0.39, 0.29) is 12.1 Å². The first-order valence-electron chi connectivity index (χ1n) is 4.01. The van der Waals surface area contributed by atoms with E-state index in [4.69, 9.17) is 11.5 Å². The zero-order chi connectivity index (χ0) is 8.27. The van der Waals surface area contributed by atoms with Crippen LogP contribution in [0.1, 0.15) is 25.7 Å². The quantitative estimate of drug-likeness (QED) is 0.497. The summed E-state index contributed by atoms with van der Waals surface area (Å²) in [5, 5.41) is 2.65. The smallest absolute Gasteiger partial charge is 0.312 e. The van der Waals surface area contributed by atoms with Gasteiger partial charge in [-0.15, -0.1) is 0 Å². The number of rotatable bonds is 1. The van der Waals surface area contributed by atoms with Crippen LogP contribution in [0.5, 0.6) is 0 Å². The first-order valence-corrected chi connectivity index (χ1v) is 4.01. The van der Waals surface area contributed by atoms with E-state index in [1.807, 2.05) is 0 Å². The molecule has 0 heterocycles. The molecule has 1 fully saturated rings. The van der Waals surface area contributed by atoms with Crippen LogP contribution in [0.4, 0.5) is 4.79 Å². The topological polar surface area (TPSA) is 81.1 Å². The number of carbonyl (C=O) groups is 1. The van der Waals surface area contributed by atoms with E-state index >= 15 is 0 Å². The molecule has 2 amide bonds. The predicted molar refractivity (Wildman–Crippen MR) is 43.0 cm³/mol. The molecule has 0 aromatic carbocycles. The Bertz CT molecular complexity index is 149. The summed E-state index contributed by atoms with van der Waals surface area (Å²) in [6.07, 6.45) is 4.26. The van der Waals surface area contributed by atoms with Crippen LogP contribution in [0.15, 0.2) is 0 Å². The Morgan fingerprint density at radius 2 is 2.00 bits per heavy atom. The molecule has 0 aliphatic heterocycles. The van der Waals surface area contributed by atoms with Gasteiger partial charge in [0.05, 0.1) is 0 Å². The molecule has 0 aromatic heterocycles. The van der Waals surface area contributed by atoms with Crippen molar-refractivity contribution < 1.29 is 4.79 Å². The second-order valence-electron chi connectivity index (χ2n) is 3.06. The zero-order valence-electron chi connectivity index (χ0n) is 6.55. The number of hydrogen-bond donors (Lipinski definition) is 3. The van der Waals surface area contributed by atoms with Crippen molar-refractivity contribution in [3.63, 3.8) is 0 Å². The molecule has 5 N–H and O–H groups in total. The minimum Gasteiger partial charge on any atom is -0.352 e. The summed E-state index contributed by atoms with van der Waals surface area (Å²) in [5.74, 6) is 0. The van der Waals surface area contributed by atoms with E-state index in [1.54, 1.807) is 0 Å². The van der Waals surface area contributed by atoms with Crippen molar-refractivity contribution in [3.8, 4) is 0 Å². The minimum atomic E-state index is -0.465. The number of primary amides is 1. The highest BCUT2D eigenvalue weighted by Gasteiger charge is 2.21. The van der Waals surface area contributed by atoms with Gasteiger partial charge in [0.25, 0.3) is 0 Å². The maximum absolute atomic E-state index is 10.5. The largest absolute Gasteiger partial charge is 0.352 e. The van der Waals surface area contributed by atoms with Gasteiger partial charge in [-0.3, -0.25) is 0 Å². The van der Waals surface area contributed by atoms with Gasteiger partial charge in [-0.2, -0.15) is 0 Å². The molecule has 0 aromatic rings. The van der Waals surface area contributed by atoms with Gasteiger partial charge in [0.2, 0.25) is 0 Å². The summed E-state index contributed by atoms with van der Waals surface area (Å²) in [4.78, 5) is 10.5. The second kappa shape index (κ2) is 3.57. The Hall–Kier alpha value is -0.770. The molecule has 1 saturated carbocycles. The second-order valence-corrected chi connectivity index (χ2v) is 3.06. The van der Waals surface area contributed by atoms with Crippen molar-refractivity contribution in [1.82, 2.24) is 5.32 Å². The first-order chi connectivity index (χ1) is 5.20. The molecule has 64 valence electrons. The molecule has 11 heavy (non-hydrogen) atoms. The average Bonchev–Trinajstić information content (AvgIpc) is 1.93. The van der Waals surface area contributed by atoms with E-state index in [1.165, 1.54) is 0 Å². The fourth-order valence-electron chi connectivity index (χ4n) is 1.52. The lowest BCUT2D eigenvalue weighted by Gasteiger charge is -2.28. The summed E-state index contributed by atoms with van der Waals surface area (Å²) >= 11 is 0. The Morgan fingerprint density at radius 3 is 2.55 bits per heavy atom. The Kier molecular flexibility index (Phi) is 2.70. The lowest BCUT2D eigenvalue weighted by atomic mass is 9.91. The van der Waals surface area contributed by atoms with Crippen molar-refractivity contribution in [3.05, 3.63) is 0 Å². The minimum absolute atomic E-state index is 0.0937. The Morgan fingerprint density at radius 1 is 1.36 bits per heavy atom. The number of urea groups is 1. The van der Waals surface area contributed by atoms with Crippen LogP contribution in [0.25, 0.3) is 0 Å². The molecule has 0 bridgehead atoms. The lowest BCUT2D eigenvalue weighted by molar-refractivity contribution is 0.237. The van der Waals surface area contributed by atoms with E-state index in [0.29, 0.717) is 0 Å². The van der Waals surface area contributed by atoms with Crippen LogP contribution in [0.2, 0.25) is 0 Å². The fourth-order valence-corrected chi connectivity index (χ4v) is 1.52. The maximum Gasteiger partial charge on any atom is 0.312 e. The molecule has 0 radical (unpaired) electrons. The van der Waals surface area contributed by atoms with Crippen molar-refractivity contribution in [1.29, 1.82) is 0 Å². The highest BCUT2D eigenvalue weighted by molar-refractivity contribution is 5.72. The molecule has 2 unspecified atom stereocenters. The standard InChI is InChI=1S/C7H15N3O/c8-5-3-1-2-4-6(5)10-7(9)11/h5-6H,1-4,8H2,(H3,9,10,11). The molecule has 1 aliphatic rings. The predicted octanol–water partition coefficient (Wildman–Crippen LogP) is -0.0754. The molecule has 0 spiro atoms. The number of carbonyl (C=O) groups excluding carboxylic acids is 1. The van der Waals surface area contributed by atoms with Crippen LogP contribution in [-0.4, -0.2) is 18.1 Å². The molecule has 0 saturated heterocycles. The summed E-state index contributed by atoms with van der Waals surface area (Å²) in [5.41, 5.74) is 10.7. The van der Waals surface area contributed by atoms with Crippen molar-refractivity contribution in [2.75, 3.05) is 0 Å². The van der Waals surface area contributed by atoms with Crippen LogP contribution in [0, 0.1) is 0 Å². The Labute approximate surface area is 66.3 Å². The molecular weight excluding hydrogens is 142 g/mol. The van der Waals surface area contributed by atoms with Gasteiger partial charge < -0.3 is 16.8 Å². The number of amides is 2. The lowest BCUT2D eigenvalue weighted by Crippen LogP contribution is -2.50. The SMILES string of the molecule is NC(=O)NC1CCCCC1N. The van der Waals surface area contributed by atoms with Gasteiger partial charge in [0, 0.05) is 12.1 Å². The zero-order valence-corrected chi connectivity index (χ0v) is 6.55. The van der Waals surface area contributed by atoms with Gasteiger partial charge >= 0.3 is 6.03 Å². The maximum atomic E-state index is 10.5. The van der Waals surface area contributed by atoms with Crippen molar-refractivity contribution in [2.24, 2.45) is 11.5 Å². The van der Waals surface area contributed by atoms with Gasteiger partial charge in [-0.25, -0.2) is 4.79 Å². The molecule has 1 aliphatic carbocycles. The first kappa shape index (κ1) is 8.33. The third-order valence-electron chi connectivity index (χ3n) is 2.15. The van der Waals surface area contributed by atoms with Crippen LogP contribution in [-0.2, 0) is 0 Å². The number of nitrogens with one attached hydrogen (secondary N) is 1. The van der Waals surface area contributed by atoms with Gasteiger partial charge in [0.15, 0.2) is 0 Å². The summed E-state index contributed by atoms with van der Waals surface area (Å²) in [6, 6.07) is -0.273. The summed E-state index contributed by atoms with van der Waals surface area (Å²) in [6.45, 7) is 0. The van der Waals surface area contributed by atoms with E-state index in [0.717, 1.165) is 25.7 Å². The van der Waals surface area contributed by atoms with Crippen LogP contribution < -0.4 is 16.8 Å². The third kappa shape index (κ3) is 2.38. The van der Waals surface area contributed by atoms with Crippen molar-refractivity contribution in [2.45, 2.75) is 37.8 Å². The summed E-state index contributed by atoms with van der Waals surface area (Å²) in [7, 11) is 0. The molecule has 2 atom stereocenters. The van der Waals surface area contributed by atoms with E-state index in [9.17, 15) is 4.79 Å². The van der Waals surface area contributed by atoms with E-state index in [2.05, 4.69) is 5.32 Å². The Balaban J connectivity index is 2.35. The molecular formula is C7H15N3O. The van der Waals surface area contributed by atoms with E-state index < -0.39 is 6.03 Å². The molecule has 1 rings (SSSR count). The number of nitrogens with two attached hydrogens (primary N) is 2.